The molecule has 27 heavy (non-hydrogen) atoms. The van der Waals surface area contributed by atoms with Gasteiger partial charge in [-0.05, 0) is 97.6 Å². The van der Waals surface area contributed by atoms with Crippen molar-refractivity contribution in [3.63, 3.8) is 0 Å². The van der Waals surface area contributed by atoms with Gasteiger partial charge in [0.15, 0.2) is 0 Å². The van der Waals surface area contributed by atoms with Crippen molar-refractivity contribution in [2.75, 3.05) is 0 Å². The minimum Gasteiger partial charge on any atom is -0.487 e. The highest BCUT2D eigenvalue weighted by atomic mass is 16.5. The molecule has 1 aliphatic heterocycles. The van der Waals surface area contributed by atoms with Crippen molar-refractivity contribution in [2.45, 2.75) is 91.6 Å². The fourth-order valence-electron chi connectivity index (χ4n) is 3.66. The highest BCUT2D eigenvalue weighted by Crippen LogP contribution is 2.35. The maximum Gasteiger partial charge on any atom is 0.123 e. The summed E-state index contributed by atoms with van der Waals surface area (Å²) in [6.45, 7) is 11.1. The van der Waals surface area contributed by atoms with Crippen molar-refractivity contribution in [1.82, 2.24) is 0 Å². The molecule has 1 aromatic rings. The molecule has 0 amide bonds. The van der Waals surface area contributed by atoms with Crippen LogP contribution in [-0.4, -0.2) is 5.60 Å². The van der Waals surface area contributed by atoms with Crippen LogP contribution < -0.4 is 4.74 Å². The number of rotatable bonds is 9. The Morgan fingerprint density at radius 3 is 2.26 bits per heavy atom. The molecule has 0 N–H and O–H groups in total. The zero-order valence-corrected chi connectivity index (χ0v) is 18.1. The number of para-hydroxylation sites is 1. The molecule has 1 heteroatoms. The zero-order chi connectivity index (χ0) is 19.7. The van der Waals surface area contributed by atoms with E-state index in [1.54, 1.807) is 0 Å². The third-order valence-electron chi connectivity index (χ3n) is 5.54. The number of hydrogen-bond acceptors (Lipinski definition) is 1. The van der Waals surface area contributed by atoms with Crippen LogP contribution in [-0.2, 0) is 6.42 Å². The molecule has 1 aromatic carbocycles. The maximum absolute atomic E-state index is 6.32. The average molecular weight is 367 g/mol. The van der Waals surface area contributed by atoms with Crippen LogP contribution >= 0.6 is 0 Å². The Balaban J connectivity index is 1.72. The van der Waals surface area contributed by atoms with Crippen molar-refractivity contribution in [2.24, 2.45) is 0 Å². The van der Waals surface area contributed by atoms with Gasteiger partial charge >= 0.3 is 0 Å². The van der Waals surface area contributed by atoms with Gasteiger partial charge < -0.3 is 4.74 Å². The van der Waals surface area contributed by atoms with E-state index in [0.717, 1.165) is 37.9 Å². The average Bonchev–Trinajstić information content (AvgIpc) is 2.61. The summed E-state index contributed by atoms with van der Waals surface area (Å²) in [5.74, 6) is 1.08. The van der Waals surface area contributed by atoms with Gasteiger partial charge in [-0.15, -0.1) is 0 Å². The summed E-state index contributed by atoms with van der Waals surface area (Å²) in [6.07, 6.45) is 16.3. The molecule has 0 aromatic heterocycles. The first-order valence-electron chi connectivity index (χ1n) is 10.6. The van der Waals surface area contributed by atoms with Crippen LogP contribution in [0.4, 0.5) is 0 Å². The van der Waals surface area contributed by atoms with Gasteiger partial charge in [-0.25, -0.2) is 0 Å². The maximum atomic E-state index is 6.32. The molecule has 0 bridgehead atoms. The summed E-state index contributed by atoms with van der Waals surface area (Å²) in [7, 11) is 0. The van der Waals surface area contributed by atoms with Crippen LogP contribution in [0.2, 0.25) is 0 Å². The van der Waals surface area contributed by atoms with E-state index in [-0.39, 0.29) is 5.60 Å². The van der Waals surface area contributed by atoms with E-state index in [2.05, 4.69) is 77.1 Å². The molecular weight excluding hydrogens is 328 g/mol. The standard InChI is InChI=1S/C26H38O/c1-21(2)11-8-12-22(3)13-9-14-23(4)15-10-19-26(5)20-18-24-16-6-7-17-25(24)27-26/h6-7,11,13,15-17H,8-10,12,14,18-20H2,1-5H3. The summed E-state index contributed by atoms with van der Waals surface area (Å²) in [4.78, 5) is 0. The molecule has 1 atom stereocenters. The zero-order valence-electron chi connectivity index (χ0n) is 18.1. The van der Waals surface area contributed by atoms with Crippen molar-refractivity contribution < 1.29 is 4.74 Å². The first kappa shape index (κ1) is 21.5. The Labute approximate surface area is 167 Å². The van der Waals surface area contributed by atoms with E-state index in [4.69, 9.17) is 4.74 Å². The van der Waals surface area contributed by atoms with Crippen LogP contribution in [0.5, 0.6) is 5.75 Å². The largest absolute Gasteiger partial charge is 0.487 e. The molecule has 0 spiro atoms. The van der Waals surface area contributed by atoms with E-state index in [9.17, 15) is 0 Å². The second kappa shape index (κ2) is 10.5. The molecule has 0 saturated heterocycles. The lowest BCUT2D eigenvalue weighted by Gasteiger charge is -2.35. The minimum atomic E-state index is -0.0213. The molecule has 1 unspecified atom stereocenters. The Hall–Kier alpha value is -1.76. The molecule has 1 aliphatic rings. The van der Waals surface area contributed by atoms with E-state index in [1.807, 2.05) is 0 Å². The molecule has 1 nitrogen and oxygen atoms in total. The number of allylic oxidation sites excluding steroid dienone is 6. The van der Waals surface area contributed by atoms with Crippen molar-refractivity contribution in [1.29, 1.82) is 0 Å². The van der Waals surface area contributed by atoms with Crippen LogP contribution in [0.3, 0.4) is 0 Å². The predicted octanol–water partition coefficient (Wildman–Crippen LogP) is 7.97. The Morgan fingerprint density at radius 1 is 0.926 bits per heavy atom. The van der Waals surface area contributed by atoms with Gasteiger partial charge in [0, 0.05) is 0 Å². The van der Waals surface area contributed by atoms with Gasteiger partial charge in [0.2, 0.25) is 0 Å². The van der Waals surface area contributed by atoms with Crippen LogP contribution in [0.25, 0.3) is 0 Å². The summed E-state index contributed by atoms with van der Waals surface area (Å²) in [5.41, 5.74) is 5.77. The number of aryl methyl sites for hydroxylation is 1. The minimum absolute atomic E-state index is 0.0213. The fraction of sp³-hybridized carbons (Fsp3) is 0.538. The van der Waals surface area contributed by atoms with Gasteiger partial charge in [-0.1, -0.05) is 53.1 Å². The first-order valence-corrected chi connectivity index (χ1v) is 10.6. The lowest BCUT2D eigenvalue weighted by molar-refractivity contribution is 0.0572. The highest BCUT2D eigenvalue weighted by molar-refractivity contribution is 5.35. The molecule has 0 fully saturated rings. The topological polar surface area (TPSA) is 9.23 Å². The molecule has 148 valence electrons. The summed E-state index contributed by atoms with van der Waals surface area (Å²) in [6, 6.07) is 8.48. The monoisotopic (exact) mass is 366 g/mol. The van der Waals surface area contributed by atoms with Crippen molar-refractivity contribution in [3.8, 4) is 5.75 Å². The second-order valence-electron chi connectivity index (χ2n) is 8.66. The second-order valence-corrected chi connectivity index (χ2v) is 8.66. The quantitative estimate of drug-likeness (QED) is 0.403. The van der Waals surface area contributed by atoms with Gasteiger partial charge in [-0.2, -0.15) is 0 Å². The number of fused-ring (bicyclic) bond motifs is 1. The van der Waals surface area contributed by atoms with E-state index >= 15 is 0 Å². The van der Waals surface area contributed by atoms with Crippen LogP contribution in [0.1, 0.15) is 85.1 Å². The molecule has 0 aliphatic carbocycles. The van der Waals surface area contributed by atoms with Crippen LogP contribution in [0.15, 0.2) is 59.2 Å². The third kappa shape index (κ3) is 7.79. The summed E-state index contributed by atoms with van der Waals surface area (Å²) in [5, 5.41) is 0. The molecule has 0 radical (unpaired) electrons. The molecule has 1 heterocycles. The smallest absolute Gasteiger partial charge is 0.123 e. The predicted molar refractivity (Wildman–Crippen MR) is 118 cm³/mol. The lowest BCUT2D eigenvalue weighted by atomic mass is 9.88. The lowest BCUT2D eigenvalue weighted by Crippen LogP contribution is -2.36. The fourth-order valence-corrected chi connectivity index (χ4v) is 3.66. The van der Waals surface area contributed by atoms with Crippen molar-refractivity contribution >= 4 is 0 Å². The van der Waals surface area contributed by atoms with E-state index in [1.165, 1.54) is 41.5 Å². The molecule has 2 rings (SSSR count). The third-order valence-corrected chi connectivity index (χ3v) is 5.54. The van der Waals surface area contributed by atoms with E-state index in [0.29, 0.717) is 0 Å². The van der Waals surface area contributed by atoms with Crippen molar-refractivity contribution in [3.05, 3.63) is 64.8 Å². The van der Waals surface area contributed by atoms with Gasteiger partial charge in [0.1, 0.15) is 11.4 Å². The number of benzene rings is 1. The Kier molecular flexibility index (Phi) is 8.41. The normalized spacial score (nSPS) is 20.0. The van der Waals surface area contributed by atoms with Gasteiger partial charge in [0.05, 0.1) is 0 Å². The number of ether oxygens (including phenoxy) is 1. The first-order chi connectivity index (χ1) is 12.9. The SMILES string of the molecule is CC(C)=CCCC(C)=CCCC(C)=CCCC1(C)CCc2ccccc2O1. The molecular formula is C26H38O. The summed E-state index contributed by atoms with van der Waals surface area (Å²) >= 11 is 0. The van der Waals surface area contributed by atoms with E-state index < -0.39 is 0 Å². The Bertz CT molecular complexity index is 688. The number of hydrogen-bond donors (Lipinski definition) is 0. The summed E-state index contributed by atoms with van der Waals surface area (Å²) < 4.78 is 6.32. The molecule has 0 saturated carbocycles. The Morgan fingerprint density at radius 2 is 1.56 bits per heavy atom. The highest BCUT2D eigenvalue weighted by Gasteiger charge is 2.30. The van der Waals surface area contributed by atoms with Crippen LogP contribution in [0, 0.1) is 0 Å². The van der Waals surface area contributed by atoms with Gasteiger partial charge in [0.25, 0.3) is 0 Å². The van der Waals surface area contributed by atoms with Gasteiger partial charge in [-0.3, -0.25) is 0 Å².